The van der Waals surface area contributed by atoms with Gasteiger partial charge in [0.1, 0.15) is 12.3 Å². The Hall–Kier alpha value is -1.60. The van der Waals surface area contributed by atoms with Gasteiger partial charge in [-0.15, -0.1) is 0 Å². The van der Waals surface area contributed by atoms with Crippen LogP contribution >= 0.6 is 0 Å². The Bertz CT molecular complexity index is 387. The van der Waals surface area contributed by atoms with Crippen LogP contribution in [-0.4, -0.2) is 43.9 Å². The van der Waals surface area contributed by atoms with E-state index in [1.54, 1.807) is 14.2 Å². The summed E-state index contributed by atoms with van der Waals surface area (Å²) in [5.41, 5.74) is 6.38. The van der Waals surface area contributed by atoms with Crippen LogP contribution in [0.5, 0.6) is 5.88 Å². The lowest BCUT2D eigenvalue weighted by molar-refractivity contribution is 0.176. The van der Waals surface area contributed by atoms with Crippen LogP contribution in [0.25, 0.3) is 0 Å². The van der Waals surface area contributed by atoms with Crippen molar-refractivity contribution in [2.75, 3.05) is 45.0 Å². The second kappa shape index (κ2) is 8.49. The summed E-state index contributed by atoms with van der Waals surface area (Å²) in [4.78, 5) is 8.52. The molecule has 7 nitrogen and oxygen atoms in total. The average molecular weight is 270 g/mol. The third-order valence-electron chi connectivity index (χ3n) is 2.33. The molecule has 0 aromatic carbocycles. The van der Waals surface area contributed by atoms with Crippen molar-refractivity contribution in [2.45, 2.75) is 20.0 Å². The number of aromatic nitrogens is 2. The molecule has 0 aliphatic carbocycles. The molecule has 0 amide bonds. The molecule has 0 atom stereocenters. The minimum Gasteiger partial charge on any atom is -0.476 e. The highest BCUT2D eigenvalue weighted by Crippen LogP contribution is 2.26. The number of nitrogens with one attached hydrogen (secondary N) is 1. The average Bonchev–Trinajstić information content (AvgIpc) is 2.40. The van der Waals surface area contributed by atoms with Crippen LogP contribution < -0.4 is 15.8 Å². The quantitative estimate of drug-likeness (QED) is 0.648. The zero-order valence-electron chi connectivity index (χ0n) is 11.7. The molecule has 1 heterocycles. The van der Waals surface area contributed by atoms with Crippen molar-refractivity contribution in [1.29, 1.82) is 0 Å². The summed E-state index contributed by atoms with van der Waals surface area (Å²) in [7, 11) is 3.26. The standard InChI is InChI=1S/C12H22N4O3/c1-4-19-12-10(13)11(14-6-5-7-17-2)15-9(16-12)8-18-3/h4-8,13H2,1-3H3,(H,14,15,16). The van der Waals surface area contributed by atoms with E-state index in [2.05, 4.69) is 15.3 Å². The molecule has 19 heavy (non-hydrogen) atoms. The molecule has 0 aliphatic rings. The lowest BCUT2D eigenvalue weighted by Crippen LogP contribution is -2.13. The van der Waals surface area contributed by atoms with Gasteiger partial charge in [-0.05, 0) is 13.3 Å². The topological polar surface area (TPSA) is 91.5 Å². The smallest absolute Gasteiger partial charge is 0.242 e. The maximum atomic E-state index is 5.96. The Balaban J connectivity index is 2.80. The fourth-order valence-corrected chi connectivity index (χ4v) is 1.49. The van der Waals surface area contributed by atoms with Crippen molar-refractivity contribution in [3.8, 4) is 5.88 Å². The number of ether oxygens (including phenoxy) is 3. The van der Waals surface area contributed by atoms with Gasteiger partial charge in [-0.1, -0.05) is 0 Å². The number of nitrogens with zero attached hydrogens (tertiary/aromatic N) is 2. The monoisotopic (exact) mass is 270 g/mol. The van der Waals surface area contributed by atoms with Crippen molar-refractivity contribution in [2.24, 2.45) is 0 Å². The van der Waals surface area contributed by atoms with E-state index >= 15 is 0 Å². The molecule has 7 heteroatoms. The Morgan fingerprint density at radius 2 is 2.00 bits per heavy atom. The van der Waals surface area contributed by atoms with Crippen molar-refractivity contribution >= 4 is 11.5 Å². The zero-order valence-corrected chi connectivity index (χ0v) is 11.7. The van der Waals surface area contributed by atoms with Crippen molar-refractivity contribution in [3.05, 3.63) is 5.82 Å². The summed E-state index contributed by atoms with van der Waals surface area (Å²) >= 11 is 0. The van der Waals surface area contributed by atoms with E-state index in [0.29, 0.717) is 49.6 Å². The molecule has 0 aliphatic heterocycles. The van der Waals surface area contributed by atoms with E-state index in [4.69, 9.17) is 19.9 Å². The molecule has 0 fully saturated rings. The third-order valence-corrected chi connectivity index (χ3v) is 2.33. The Kier molecular flexibility index (Phi) is 6.91. The van der Waals surface area contributed by atoms with Crippen LogP contribution in [0, 0.1) is 0 Å². The number of nitrogen functional groups attached to an aromatic ring is 1. The fraction of sp³-hybridized carbons (Fsp3) is 0.667. The number of hydrogen-bond donors (Lipinski definition) is 2. The van der Waals surface area contributed by atoms with Gasteiger partial charge in [0.05, 0.1) is 6.61 Å². The predicted molar refractivity (Wildman–Crippen MR) is 73.3 cm³/mol. The number of rotatable bonds is 9. The SMILES string of the molecule is CCOc1nc(COC)nc(NCCCOC)c1N. The first-order valence-corrected chi connectivity index (χ1v) is 6.23. The van der Waals surface area contributed by atoms with Crippen LogP contribution in [0.4, 0.5) is 11.5 Å². The fourth-order valence-electron chi connectivity index (χ4n) is 1.49. The van der Waals surface area contributed by atoms with Crippen LogP contribution in [0.15, 0.2) is 0 Å². The second-order valence-corrected chi connectivity index (χ2v) is 3.85. The van der Waals surface area contributed by atoms with Crippen molar-refractivity contribution < 1.29 is 14.2 Å². The Labute approximate surface area is 113 Å². The molecule has 0 saturated heterocycles. The van der Waals surface area contributed by atoms with E-state index in [1.165, 1.54) is 0 Å². The molecule has 0 radical (unpaired) electrons. The van der Waals surface area contributed by atoms with E-state index in [0.717, 1.165) is 6.42 Å². The number of nitrogens with two attached hydrogens (primary N) is 1. The lowest BCUT2D eigenvalue weighted by atomic mass is 10.4. The zero-order chi connectivity index (χ0) is 14.1. The van der Waals surface area contributed by atoms with Gasteiger partial charge < -0.3 is 25.3 Å². The Morgan fingerprint density at radius 3 is 2.63 bits per heavy atom. The first kappa shape index (κ1) is 15.5. The molecule has 0 bridgehead atoms. The highest BCUT2D eigenvalue weighted by molar-refractivity contribution is 5.66. The Morgan fingerprint density at radius 1 is 1.21 bits per heavy atom. The third kappa shape index (κ3) is 4.88. The maximum absolute atomic E-state index is 5.96. The highest BCUT2D eigenvalue weighted by Gasteiger charge is 2.12. The summed E-state index contributed by atoms with van der Waals surface area (Å²) in [5.74, 6) is 1.50. The van der Waals surface area contributed by atoms with Gasteiger partial charge in [0.25, 0.3) is 0 Å². The number of anilines is 2. The molecule has 1 aromatic heterocycles. The summed E-state index contributed by atoms with van der Waals surface area (Å²) in [6.07, 6.45) is 0.865. The molecule has 0 saturated carbocycles. The van der Waals surface area contributed by atoms with Crippen molar-refractivity contribution in [3.63, 3.8) is 0 Å². The van der Waals surface area contributed by atoms with Gasteiger partial charge in [0, 0.05) is 27.4 Å². The first-order chi connectivity index (χ1) is 9.22. The highest BCUT2D eigenvalue weighted by atomic mass is 16.5. The van der Waals surface area contributed by atoms with Crippen LogP contribution in [0.3, 0.4) is 0 Å². The summed E-state index contributed by atoms with van der Waals surface area (Å²) in [5, 5.41) is 3.15. The summed E-state index contributed by atoms with van der Waals surface area (Å²) in [6, 6.07) is 0. The summed E-state index contributed by atoms with van der Waals surface area (Å²) < 4.78 is 15.4. The van der Waals surface area contributed by atoms with Crippen molar-refractivity contribution in [1.82, 2.24) is 9.97 Å². The van der Waals surface area contributed by atoms with E-state index < -0.39 is 0 Å². The number of methoxy groups -OCH3 is 2. The van der Waals surface area contributed by atoms with Gasteiger partial charge in [-0.25, -0.2) is 4.98 Å². The minimum absolute atomic E-state index is 0.313. The molecule has 0 spiro atoms. The molecule has 1 rings (SSSR count). The van der Waals surface area contributed by atoms with Crippen LogP contribution in [0.1, 0.15) is 19.2 Å². The molecule has 108 valence electrons. The van der Waals surface area contributed by atoms with Crippen LogP contribution in [0.2, 0.25) is 0 Å². The van der Waals surface area contributed by atoms with Gasteiger partial charge in [0.15, 0.2) is 11.6 Å². The largest absolute Gasteiger partial charge is 0.476 e. The molecule has 0 unspecified atom stereocenters. The molecule has 3 N–H and O–H groups in total. The van der Waals surface area contributed by atoms with E-state index in [1.807, 2.05) is 6.92 Å². The maximum Gasteiger partial charge on any atom is 0.242 e. The van der Waals surface area contributed by atoms with Gasteiger partial charge in [-0.2, -0.15) is 4.98 Å². The normalized spacial score (nSPS) is 10.5. The van der Waals surface area contributed by atoms with E-state index in [-0.39, 0.29) is 0 Å². The first-order valence-electron chi connectivity index (χ1n) is 6.23. The van der Waals surface area contributed by atoms with Crippen LogP contribution in [-0.2, 0) is 16.1 Å². The van der Waals surface area contributed by atoms with Gasteiger partial charge >= 0.3 is 0 Å². The molecular weight excluding hydrogens is 248 g/mol. The molecule has 1 aromatic rings. The summed E-state index contributed by atoms with van der Waals surface area (Å²) in [6.45, 7) is 4.08. The second-order valence-electron chi connectivity index (χ2n) is 3.85. The van der Waals surface area contributed by atoms with Gasteiger partial charge in [-0.3, -0.25) is 0 Å². The van der Waals surface area contributed by atoms with Gasteiger partial charge in [0.2, 0.25) is 5.88 Å². The number of hydrogen-bond acceptors (Lipinski definition) is 7. The molecular formula is C12H22N4O3. The van der Waals surface area contributed by atoms with E-state index in [9.17, 15) is 0 Å². The minimum atomic E-state index is 0.313. The predicted octanol–water partition coefficient (Wildman–Crippen LogP) is 1.05. The lowest BCUT2D eigenvalue weighted by Gasteiger charge is -2.13.